The van der Waals surface area contributed by atoms with Gasteiger partial charge < -0.3 is 10.1 Å². The zero-order valence-corrected chi connectivity index (χ0v) is 19.3. The van der Waals surface area contributed by atoms with Crippen LogP contribution in [0.4, 0.5) is 0 Å². The first-order chi connectivity index (χ1) is 15.0. The molecule has 1 N–H and O–H groups in total. The summed E-state index contributed by atoms with van der Waals surface area (Å²) in [4.78, 5) is 14.7. The van der Waals surface area contributed by atoms with E-state index in [2.05, 4.69) is 46.6 Å². The fourth-order valence-corrected chi connectivity index (χ4v) is 5.82. The summed E-state index contributed by atoms with van der Waals surface area (Å²) in [5.41, 5.74) is 2.39. The summed E-state index contributed by atoms with van der Waals surface area (Å²) < 4.78 is 5.44. The summed E-state index contributed by atoms with van der Waals surface area (Å²) in [6.45, 7) is 2.62. The predicted octanol–water partition coefficient (Wildman–Crippen LogP) is 5.33. The van der Waals surface area contributed by atoms with Gasteiger partial charge in [-0.25, -0.2) is 0 Å². The third-order valence-electron chi connectivity index (χ3n) is 7.06. The molecule has 2 aromatic carbocycles. The number of nitrogens with zero attached hydrogens (tertiary/aromatic N) is 1. The molecule has 1 amide bonds. The van der Waals surface area contributed by atoms with Crippen LogP contribution in [0.2, 0.25) is 5.02 Å². The van der Waals surface area contributed by atoms with Crippen molar-refractivity contribution in [2.45, 2.75) is 69.5 Å². The van der Waals surface area contributed by atoms with Crippen molar-refractivity contribution >= 4 is 17.5 Å². The minimum Gasteiger partial charge on any atom is -0.497 e. The van der Waals surface area contributed by atoms with Gasteiger partial charge in [-0.3, -0.25) is 9.69 Å². The third-order valence-corrected chi connectivity index (χ3v) is 7.31. The van der Waals surface area contributed by atoms with Gasteiger partial charge in [-0.2, -0.15) is 0 Å². The maximum absolute atomic E-state index is 11.9. The minimum absolute atomic E-state index is 0.0504. The number of methoxy groups -OCH3 is 1. The number of halogens is 1. The van der Waals surface area contributed by atoms with Crippen molar-refractivity contribution in [2.24, 2.45) is 0 Å². The number of benzene rings is 2. The molecule has 166 valence electrons. The normalized spacial score (nSPS) is 24.8. The Kier molecular flexibility index (Phi) is 6.88. The molecule has 2 aromatic rings. The van der Waals surface area contributed by atoms with Crippen LogP contribution < -0.4 is 10.1 Å². The van der Waals surface area contributed by atoms with E-state index in [4.69, 9.17) is 16.3 Å². The van der Waals surface area contributed by atoms with E-state index in [9.17, 15) is 4.79 Å². The van der Waals surface area contributed by atoms with Crippen LogP contribution in [-0.4, -0.2) is 36.5 Å². The van der Waals surface area contributed by atoms with Gasteiger partial charge in [0.15, 0.2) is 0 Å². The molecule has 2 unspecified atom stereocenters. The van der Waals surface area contributed by atoms with E-state index in [-0.39, 0.29) is 17.5 Å². The van der Waals surface area contributed by atoms with E-state index in [0.717, 1.165) is 36.6 Å². The highest BCUT2D eigenvalue weighted by atomic mass is 35.5. The Morgan fingerprint density at radius 3 is 2.39 bits per heavy atom. The van der Waals surface area contributed by atoms with Crippen LogP contribution in [0.25, 0.3) is 0 Å². The lowest BCUT2D eigenvalue weighted by Gasteiger charge is -2.53. The smallest absolute Gasteiger partial charge is 0.217 e. The molecule has 0 aromatic heterocycles. The van der Waals surface area contributed by atoms with E-state index < -0.39 is 0 Å². The molecule has 1 saturated heterocycles. The van der Waals surface area contributed by atoms with Crippen molar-refractivity contribution in [2.75, 3.05) is 13.7 Å². The van der Waals surface area contributed by atoms with Gasteiger partial charge in [0.25, 0.3) is 0 Å². The van der Waals surface area contributed by atoms with Crippen molar-refractivity contribution in [1.82, 2.24) is 10.2 Å². The quantitative estimate of drug-likeness (QED) is 0.660. The van der Waals surface area contributed by atoms with Crippen LogP contribution >= 0.6 is 11.6 Å². The second kappa shape index (κ2) is 9.62. The number of rotatable bonds is 6. The SMILES string of the molecule is COc1ccc(C2(Cc3ccc(Cl)cc3)CC(NC(C)=O)CCN2C2CCCC2)cc1. The van der Waals surface area contributed by atoms with Crippen molar-refractivity contribution in [3.63, 3.8) is 0 Å². The summed E-state index contributed by atoms with van der Waals surface area (Å²) >= 11 is 6.18. The first-order valence-corrected chi connectivity index (χ1v) is 11.8. The number of nitrogens with one attached hydrogen (secondary N) is 1. The van der Waals surface area contributed by atoms with Gasteiger partial charge in [-0.1, -0.05) is 48.7 Å². The topological polar surface area (TPSA) is 41.6 Å². The molecule has 4 rings (SSSR count). The van der Waals surface area contributed by atoms with Crippen molar-refractivity contribution < 1.29 is 9.53 Å². The Labute approximate surface area is 190 Å². The molecule has 1 heterocycles. The van der Waals surface area contributed by atoms with Crippen molar-refractivity contribution in [1.29, 1.82) is 0 Å². The second-order valence-corrected chi connectivity index (χ2v) is 9.52. The number of ether oxygens (including phenoxy) is 1. The van der Waals surface area contributed by atoms with Crippen LogP contribution in [0.1, 0.15) is 56.6 Å². The van der Waals surface area contributed by atoms with Gasteiger partial charge in [-0.05, 0) is 67.5 Å². The largest absolute Gasteiger partial charge is 0.497 e. The van der Waals surface area contributed by atoms with E-state index in [0.29, 0.717) is 6.04 Å². The number of piperidine rings is 1. The third kappa shape index (κ3) is 4.91. The molecular weight excluding hydrogens is 408 g/mol. The number of carbonyl (C=O) groups excluding carboxylic acids is 1. The van der Waals surface area contributed by atoms with Crippen molar-refractivity contribution in [3.05, 3.63) is 64.7 Å². The highest BCUT2D eigenvalue weighted by Crippen LogP contribution is 2.45. The minimum atomic E-state index is -0.180. The van der Waals surface area contributed by atoms with Gasteiger partial charge >= 0.3 is 0 Å². The molecule has 5 heteroatoms. The number of carbonyl (C=O) groups is 1. The molecule has 2 fully saturated rings. The average Bonchev–Trinajstić information content (AvgIpc) is 3.30. The Morgan fingerprint density at radius 1 is 1.10 bits per heavy atom. The highest BCUT2D eigenvalue weighted by molar-refractivity contribution is 6.30. The molecular formula is C26H33ClN2O2. The first-order valence-electron chi connectivity index (χ1n) is 11.4. The van der Waals surface area contributed by atoms with Crippen LogP contribution in [0, 0.1) is 0 Å². The Morgan fingerprint density at radius 2 is 1.77 bits per heavy atom. The van der Waals surface area contributed by atoms with E-state index in [1.165, 1.54) is 36.8 Å². The molecule has 0 radical (unpaired) electrons. The number of hydrogen-bond acceptors (Lipinski definition) is 3. The Hall–Kier alpha value is -2.04. The standard InChI is InChI=1S/C26H33ClN2O2/c1-19(30)28-23-15-16-29(24-5-3-4-6-24)26(18-23,17-20-7-11-22(27)12-8-20)21-9-13-25(31-2)14-10-21/h7-14,23-24H,3-6,15-18H2,1-2H3,(H,28,30). The summed E-state index contributed by atoms with van der Waals surface area (Å²) in [5.74, 6) is 0.918. The molecule has 1 saturated carbocycles. The van der Waals surface area contributed by atoms with Gasteiger partial charge in [0.05, 0.1) is 12.6 Å². The fraction of sp³-hybridized carbons (Fsp3) is 0.500. The van der Waals surface area contributed by atoms with Crippen LogP contribution in [-0.2, 0) is 16.8 Å². The summed E-state index contributed by atoms with van der Waals surface area (Å²) in [6.07, 6.45) is 7.90. The van der Waals surface area contributed by atoms with Crippen LogP contribution in [0.3, 0.4) is 0 Å². The number of hydrogen-bond donors (Lipinski definition) is 1. The van der Waals surface area contributed by atoms with Gasteiger partial charge in [0.1, 0.15) is 5.75 Å². The van der Waals surface area contributed by atoms with E-state index in [1.807, 2.05) is 12.1 Å². The lowest BCUT2D eigenvalue weighted by atomic mass is 9.73. The maximum Gasteiger partial charge on any atom is 0.217 e. The second-order valence-electron chi connectivity index (χ2n) is 9.09. The van der Waals surface area contributed by atoms with Crippen LogP contribution in [0.5, 0.6) is 5.75 Å². The van der Waals surface area contributed by atoms with E-state index >= 15 is 0 Å². The molecule has 1 aliphatic carbocycles. The summed E-state index contributed by atoms with van der Waals surface area (Å²) in [6, 6.07) is 17.6. The average molecular weight is 441 g/mol. The zero-order chi connectivity index (χ0) is 21.8. The molecule has 4 nitrogen and oxygen atoms in total. The zero-order valence-electron chi connectivity index (χ0n) is 18.6. The number of amides is 1. The Bertz CT molecular complexity index is 877. The summed E-state index contributed by atoms with van der Waals surface area (Å²) in [7, 11) is 1.71. The molecule has 0 bridgehead atoms. The monoisotopic (exact) mass is 440 g/mol. The molecule has 31 heavy (non-hydrogen) atoms. The van der Waals surface area contributed by atoms with Crippen molar-refractivity contribution in [3.8, 4) is 5.75 Å². The van der Waals surface area contributed by atoms with Gasteiger partial charge in [-0.15, -0.1) is 0 Å². The Balaban J connectivity index is 1.78. The van der Waals surface area contributed by atoms with E-state index in [1.54, 1.807) is 14.0 Å². The van der Waals surface area contributed by atoms with Gasteiger partial charge in [0, 0.05) is 30.6 Å². The predicted molar refractivity (Wildman–Crippen MR) is 126 cm³/mol. The lowest BCUT2D eigenvalue weighted by Crippen LogP contribution is -2.60. The lowest BCUT2D eigenvalue weighted by molar-refractivity contribution is -0.120. The number of likely N-dealkylation sites (tertiary alicyclic amines) is 1. The highest BCUT2D eigenvalue weighted by Gasteiger charge is 2.47. The van der Waals surface area contributed by atoms with Gasteiger partial charge in [0.2, 0.25) is 5.91 Å². The van der Waals surface area contributed by atoms with Crippen LogP contribution in [0.15, 0.2) is 48.5 Å². The molecule has 0 spiro atoms. The molecule has 2 aliphatic rings. The molecule has 1 aliphatic heterocycles. The molecule has 2 atom stereocenters. The fourth-order valence-electron chi connectivity index (χ4n) is 5.70. The first kappa shape index (κ1) is 22.2. The summed E-state index contributed by atoms with van der Waals surface area (Å²) in [5, 5.41) is 3.98. The maximum atomic E-state index is 11.9.